The third-order valence-corrected chi connectivity index (χ3v) is 3.61. The fraction of sp³-hybridized carbons (Fsp3) is 0.462. The molecule has 3 heteroatoms. The summed E-state index contributed by atoms with van der Waals surface area (Å²) in [6.45, 7) is 2.14. The summed E-state index contributed by atoms with van der Waals surface area (Å²) in [5, 5.41) is 11.8. The monoisotopic (exact) mass is 234 g/mol. The number of nitriles is 1. The summed E-state index contributed by atoms with van der Waals surface area (Å²) < 4.78 is 0. The topological polar surface area (TPSA) is 35.8 Å². The quantitative estimate of drug-likeness (QED) is 0.769. The van der Waals surface area contributed by atoms with E-state index in [0.717, 1.165) is 17.9 Å². The first-order chi connectivity index (χ1) is 7.77. The van der Waals surface area contributed by atoms with Gasteiger partial charge in [-0.3, -0.25) is 0 Å². The van der Waals surface area contributed by atoms with Crippen molar-refractivity contribution in [1.29, 1.82) is 5.26 Å². The molecule has 1 rings (SSSR count). The molecule has 0 heterocycles. The van der Waals surface area contributed by atoms with Crippen LogP contribution in [0.15, 0.2) is 24.3 Å². The van der Waals surface area contributed by atoms with Crippen LogP contribution in [0.25, 0.3) is 0 Å². The lowest BCUT2D eigenvalue weighted by Crippen LogP contribution is -2.23. The van der Waals surface area contributed by atoms with Crippen molar-refractivity contribution in [2.45, 2.75) is 25.1 Å². The fourth-order valence-electron chi connectivity index (χ4n) is 1.43. The van der Waals surface area contributed by atoms with E-state index in [0.29, 0.717) is 0 Å². The Morgan fingerprint density at radius 2 is 2.19 bits per heavy atom. The van der Waals surface area contributed by atoms with Crippen molar-refractivity contribution in [3.05, 3.63) is 35.4 Å². The van der Waals surface area contributed by atoms with Gasteiger partial charge in [0.2, 0.25) is 0 Å². The molecular formula is C13H18N2S. The number of hydrogen-bond donors (Lipinski definition) is 1. The average molecular weight is 234 g/mol. The van der Waals surface area contributed by atoms with E-state index in [9.17, 15) is 0 Å². The molecule has 1 aromatic carbocycles. The van der Waals surface area contributed by atoms with E-state index in [4.69, 9.17) is 5.26 Å². The molecule has 1 aromatic rings. The zero-order chi connectivity index (χ0) is 11.8. The van der Waals surface area contributed by atoms with Crippen LogP contribution in [0.4, 0.5) is 0 Å². The minimum Gasteiger partial charge on any atom is -0.305 e. The highest BCUT2D eigenvalue weighted by Gasteiger charge is 2.03. The van der Waals surface area contributed by atoms with Crippen LogP contribution in [0.2, 0.25) is 0 Å². The van der Waals surface area contributed by atoms with Crippen LogP contribution in [0.3, 0.4) is 0 Å². The summed E-state index contributed by atoms with van der Waals surface area (Å²) in [4.78, 5) is 0. The van der Waals surface area contributed by atoms with Crippen LogP contribution in [0.5, 0.6) is 0 Å². The number of thioether (sulfide) groups is 1. The fourth-order valence-corrected chi connectivity index (χ4v) is 2.52. The second-order valence-corrected chi connectivity index (χ2v) is 4.84. The van der Waals surface area contributed by atoms with Crippen LogP contribution in [-0.2, 0) is 5.75 Å². The first-order valence-corrected chi connectivity index (χ1v) is 6.62. The van der Waals surface area contributed by atoms with E-state index in [1.54, 1.807) is 0 Å². The molecule has 0 fully saturated rings. The molecule has 0 aliphatic carbocycles. The summed E-state index contributed by atoms with van der Waals surface area (Å²) >= 11 is 1.89. The summed E-state index contributed by atoms with van der Waals surface area (Å²) in [7, 11) is 1.83. The van der Waals surface area contributed by atoms with Crippen molar-refractivity contribution in [2.75, 3.05) is 12.8 Å². The van der Waals surface area contributed by atoms with Gasteiger partial charge >= 0.3 is 0 Å². The van der Waals surface area contributed by atoms with Crippen LogP contribution >= 0.6 is 11.8 Å². The van der Waals surface area contributed by atoms with Gasteiger partial charge in [-0.1, -0.05) is 24.3 Å². The standard InChI is InChI=1S/C13H18N2S/c1-11-5-3-4-6-12(11)10-16-8-7-13(9-14)15-2/h3-6,13,15H,7-8,10H2,1-2H3. The molecule has 1 unspecified atom stereocenters. The maximum absolute atomic E-state index is 8.76. The minimum absolute atomic E-state index is 0.00984. The Balaban J connectivity index is 2.27. The number of nitrogens with zero attached hydrogens (tertiary/aromatic N) is 1. The first kappa shape index (κ1) is 13.1. The molecule has 1 atom stereocenters. The zero-order valence-corrected chi connectivity index (χ0v) is 10.7. The number of nitrogens with one attached hydrogen (secondary N) is 1. The number of benzene rings is 1. The van der Waals surface area contributed by atoms with E-state index in [1.165, 1.54) is 11.1 Å². The molecule has 0 aromatic heterocycles. The van der Waals surface area contributed by atoms with Crippen molar-refractivity contribution in [3.8, 4) is 6.07 Å². The SMILES string of the molecule is CNC(C#N)CCSCc1ccccc1C. The van der Waals surface area contributed by atoms with Gasteiger partial charge < -0.3 is 5.32 Å². The molecule has 0 spiro atoms. The van der Waals surface area contributed by atoms with Gasteiger partial charge in [0.1, 0.15) is 0 Å². The molecule has 0 aliphatic rings. The van der Waals surface area contributed by atoms with E-state index < -0.39 is 0 Å². The summed E-state index contributed by atoms with van der Waals surface area (Å²) in [5.41, 5.74) is 2.74. The van der Waals surface area contributed by atoms with Gasteiger partial charge in [-0.05, 0) is 37.3 Å². The normalized spacial score (nSPS) is 12.1. The van der Waals surface area contributed by atoms with Gasteiger partial charge in [-0.2, -0.15) is 17.0 Å². The second kappa shape index (κ2) is 7.32. The molecule has 86 valence electrons. The lowest BCUT2D eigenvalue weighted by Gasteiger charge is -2.08. The van der Waals surface area contributed by atoms with Gasteiger partial charge in [0.15, 0.2) is 0 Å². The molecule has 0 bridgehead atoms. The van der Waals surface area contributed by atoms with Crippen molar-refractivity contribution < 1.29 is 0 Å². The molecule has 0 saturated carbocycles. The molecular weight excluding hydrogens is 216 g/mol. The Hall–Kier alpha value is -0.980. The van der Waals surface area contributed by atoms with Gasteiger partial charge in [0.05, 0.1) is 12.1 Å². The Morgan fingerprint density at radius 1 is 1.44 bits per heavy atom. The third kappa shape index (κ3) is 4.26. The Kier molecular flexibility index (Phi) is 5.99. The number of rotatable bonds is 6. The lowest BCUT2D eigenvalue weighted by atomic mass is 10.1. The average Bonchev–Trinajstić information content (AvgIpc) is 2.31. The lowest BCUT2D eigenvalue weighted by molar-refractivity contribution is 0.663. The Morgan fingerprint density at radius 3 is 2.81 bits per heavy atom. The highest BCUT2D eigenvalue weighted by atomic mass is 32.2. The Bertz CT molecular complexity index is 357. The summed E-state index contributed by atoms with van der Waals surface area (Å²) in [6.07, 6.45) is 0.906. The van der Waals surface area contributed by atoms with E-state index in [2.05, 4.69) is 42.6 Å². The molecule has 0 amide bonds. The number of aryl methyl sites for hydroxylation is 1. The second-order valence-electron chi connectivity index (χ2n) is 3.74. The van der Waals surface area contributed by atoms with E-state index >= 15 is 0 Å². The van der Waals surface area contributed by atoms with Gasteiger partial charge in [-0.15, -0.1) is 0 Å². The maximum Gasteiger partial charge on any atom is 0.0958 e. The highest BCUT2D eigenvalue weighted by molar-refractivity contribution is 7.98. The van der Waals surface area contributed by atoms with Gasteiger partial charge in [0.25, 0.3) is 0 Å². The molecule has 0 radical (unpaired) electrons. The predicted octanol–water partition coefficient (Wildman–Crippen LogP) is 2.73. The summed E-state index contributed by atoms with van der Waals surface area (Å²) in [5.74, 6) is 2.06. The first-order valence-electron chi connectivity index (χ1n) is 5.47. The largest absolute Gasteiger partial charge is 0.305 e. The molecule has 2 nitrogen and oxygen atoms in total. The van der Waals surface area contributed by atoms with Crippen LogP contribution < -0.4 is 5.32 Å². The molecule has 16 heavy (non-hydrogen) atoms. The van der Waals surface area contributed by atoms with Crippen molar-refractivity contribution in [3.63, 3.8) is 0 Å². The van der Waals surface area contributed by atoms with Crippen molar-refractivity contribution in [2.24, 2.45) is 0 Å². The van der Waals surface area contributed by atoms with Crippen LogP contribution in [-0.4, -0.2) is 18.8 Å². The predicted molar refractivity (Wildman–Crippen MR) is 70.4 cm³/mol. The summed E-state index contributed by atoms with van der Waals surface area (Å²) in [6, 6.07) is 10.7. The van der Waals surface area contributed by atoms with E-state index in [1.807, 2.05) is 18.8 Å². The van der Waals surface area contributed by atoms with Crippen molar-refractivity contribution in [1.82, 2.24) is 5.32 Å². The van der Waals surface area contributed by atoms with Gasteiger partial charge in [-0.25, -0.2) is 0 Å². The zero-order valence-electron chi connectivity index (χ0n) is 9.86. The molecule has 1 N–H and O–H groups in total. The molecule has 0 aliphatic heterocycles. The van der Waals surface area contributed by atoms with Crippen LogP contribution in [0, 0.1) is 18.3 Å². The van der Waals surface area contributed by atoms with Gasteiger partial charge in [0, 0.05) is 5.75 Å². The Labute approximate surface area is 102 Å². The molecule has 0 saturated heterocycles. The number of hydrogen-bond acceptors (Lipinski definition) is 3. The highest BCUT2D eigenvalue weighted by Crippen LogP contribution is 2.16. The van der Waals surface area contributed by atoms with Crippen LogP contribution in [0.1, 0.15) is 17.5 Å². The van der Waals surface area contributed by atoms with Crippen molar-refractivity contribution >= 4 is 11.8 Å². The third-order valence-electron chi connectivity index (χ3n) is 2.57. The minimum atomic E-state index is -0.00984. The smallest absolute Gasteiger partial charge is 0.0958 e. The maximum atomic E-state index is 8.76. The van der Waals surface area contributed by atoms with E-state index in [-0.39, 0.29) is 6.04 Å².